The van der Waals surface area contributed by atoms with Crippen LogP contribution in [0.2, 0.25) is 0 Å². The molecule has 3 rings (SSSR count). The predicted molar refractivity (Wildman–Crippen MR) is 68.3 cm³/mol. The number of rotatable bonds is 1. The van der Waals surface area contributed by atoms with E-state index in [2.05, 4.69) is 9.55 Å². The molecule has 0 aromatic carbocycles. The Balaban J connectivity index is 0.00000108. The summed E-state index contributed by atoms with van der Waals surface area (Å²) in [4.78, 5) is 4.54. The molecule has 0 amide bonds. The molecule has 1 saturated heterocycles. The Hall–Kier alpha value is -0.580. The number of halogens is 1. The van der Waals surface area contributed by atoms with E-state index in [4.69, 9.17) is 10.5 Å². The van der Waals surface area contributed by atoms with Crippen LogP contribution in [0.1, 0.15) is 43.3 Å². The van der Waals surface area contributed by atoms with Crippen molar-refractivity contribution in [3.05, 3.63) is 17.7 Å². The lowest BCUT2D eigenvalue weighted by Gasteiger charge is -2.26. The molecular weight excluding hydrogens is 238 g/mol. The molecule has 2 unspecified atom stereocenters. The molecule has 3 heterocycles. The Morgan fingerprint density at radius 3 is 3.00 bits per heavy atom. The van der Waals surface area contributed by atoms with Crippen LogP contribution in [0.25, 0.3) is 0 Å². The van der Waals surface area contributed by atoms with Gasteiger partial charge in [-0.05, 0) is 25.7 Å². The standard InChI is InChI=1S/C12H19N3O.ClH/c13-9-4-5-15-10(7-9)8-14-12(15)11-3-1-2-6-16-11;/h8-9,11H,1-7,13H2;1H. The highest BCUT2D eigenvalue weighted by molar-refractivity contribution is 5.85. The molecule has 1 fully saturated rings. The van der Waals surface area contributed by atoms with Crippen LogP contribution in [-0.4, -0.2) is 22.2 Å². The highest BCUT2D eigenvalue weighted by Crippen LogP contribution is 2.29. The molecule has 2 N–H and O–H groups in total. The molecule has 0 saturated carbocycles. The van der Waals surface area contributed by atoms with Crippen molar-refractivity contribution in [2.45, 2.75) is 50.8 Å². The summed E-state index contributed by atoms with van der Waals surface area (Å²) >= 11 is 0. The maximum absolute atomic E-state index is 5.96. The van der Waals surface area contributed by atoms with Gasteiger partial charge in [0.1, 0.15) is 11.9 Å². The van der Waals surface area contributed by atoms with E-state index in [1.807, 2.05) is 6.20 Å². The second-order valence-electron chi connectivity index (χ2n) is 4.87. The van der Waals surface area contributed by atoms with Crippen LogP contribution in [0.3, 0.4) is 0 Å². The third kappa shape index (κ3) is 2.49. The van der Waals surface area contributed by atoms with E-state index in [0.717, 1.165) is 38.2 Å². The molecular formula is C12H20ClN3O. The molecule has 5 heteroatoms. The number of fused-ring (bicyclic) bond motifs is 1. The van der Waals surface area contributed by atoms with Crippen molar-refractivity contribution in [1.82, 2.24) is 9.55 Å². The van der Waals surface area contributed by atoms with Crippen LogP contribution >= 0.6 is 12.4 Å². The summed E-state index contributed by atoms with van der Waals surface area (Å²) in [5, 5.41) is 0. The first-order valence-electron chi connectivity index (χ1n) is 6.26. The maximum atomic E-state index is 5.96. The van der Waals surface area contributed by atoms with E-state index in [1.165, 1.54) is 18.5 Å². The van der Waals surface area contributed by atoms with Gasteiger partial charge in [0, 0.05) is 37.5 Å². The van der Waals surface area contributed by atoms with E-state index in [1.54, 1.807) is 0 Å². The minimum atomic E-state index is 0. The number of hydrogen-bond donors (Lipinski definition) is 1. The smallest absolute Gasteiger partial charge is 0.138 e. The zero-order chi connectivity index (χ0) is 11.0. The van der Waals surface area contributed by atoms with Crippen molar-refractivity contribution in [3.63, 3.8) is 0 Å². The fourth-order valence-corrected chi connectivity index (χ4v) is 2.72. The SMILES string of the molecule is Cl.NC1CCn2c(cnc2C2CCCCO2)C1. The minimum Gasteiger partial charge on any atom is -0.370 e. The quantitative estimate of drug-likeness (QED) is 0.835. The van der Waals surface area contributed by atoms with E-state index >= 15 is 0 Å². The molecule has 0 bridgehead atoms. The van der Waals surface area contributed by atoms with Gasteiger partial charge < -0.3 is 15.0 Å². The van der Waals surface area contributed by atoms with Crippen molar-refractivity contribution < 1.29 is 4.74 Å². The van der Waals surface area contributed by atoms with Gasteiger partial charge in [-0.2, -0.15) is 0 Å². The lowest BCUT2D eigenvalue weighted by Crippen LogP contribution is -2.31. The summed E-state index contributed by atoms with van der Waals surface area (Å²) in [5.41, 5.74) is 7.25. The highest BCUT2D eigenvalue weighted by atomic mass is 35.5. The van der Waals surface area contributed by atoms with Gasteiger partial charge in [0.15, 0.2) is 0 Å². The van der Waals surface area contributed by atoms with E-state index in [0.29, 0.717) is 6.04 Å². The van der Waals surface area contributed by atoms with Crippen LogP contribution in [0, 0.1) is 0 Å². The Bertz CT molecular complexity index is 374. The first-order chi connectivity index (χ1) is 7.84. The number of nitrogens with zero attached hydrogens (tertiary/aromatic N) is 2. The maximum Gasteiger partial charge on any atom is 0.138 e. The summed E-state index contributed by atoms with van der Waals surface area (Å²) in [6.07, 6.45) is 7.77. The molecule has 4 nitrogen and oxygen atoms in total. The monoisotopic (exact) mass is 257 g/mol. The largest absolute Gasteiger partial charge is 0.370 e. The van der Waals surface area contributed by atoms with Gasteiger partial charge in [-0.15, -0.1) is 12.4 Å². The van der Waals surface area contributed by atoms with Crippen LogP contribution in [0.4, 0.5) is 0 Å². The second kappa shape index (κ2) is 5.38. The lowest BCUT2D eigenvalue weighted by molar-refractivity contribution is 0.00691. The second-order valence-corrected chi connectivity index (χ2v) is 4.87. The fourth-order valence-electron chi connectivity index (χ4n) is 2.72. The Morgan fingerprint density at radius 1 is 1.35 bits per heavy atom. The molecule has 1 aromatic heterocycles. The van der Waals surface area contributed by atoms with Gasteiger partial charge in [0.2, 0.25) is 0 Å². The minimum absolute atomic E-state index is 0. The molecule has 0 aliphatic carbocycles. The van der Waals surface area contributed by atoms with E-state index < -0.39 is 0 Å². The molecule has 96 valence electrons. The van der Waals surface area contributed by atoms with Crippen molar-refractivity contribution in [2.24, 2.45) is 5.73 Å². The van der Waals surface area contributed by atoms with Gasteiger partial charge in [0.25, 0.3) is 0 Å². The summed E-state index contributed by atoms with van der Waals surface area (Å²) in [5.74, 6) is 1.13. The number of nitrogens with two attached hydrogens (primary N) is 1. The molecule has 0 spiro atoms. The van der Waals surface area contributed by atoms with Gasteiger partial charge in [-0.25, -0.2) is 4.98 Å². The van der Waals surface area contributed by atoms with Gasteiger partial charge in [0.05, 0.1) is 0 Å². The first kappa shape index (κ1) is 12.9. The van der Waals surface area contributed by atoms with E-state index in [-0.39, 0.29) is 18.5 Å². The molecule has 17 heavy (non-hydrogen) atoms. The van der Waals surface area contributed by atoms with Crippen LogP contribution in [-0.2, 0) is 17.7 Å². The molecule has 2 atom stereocenters. The third-order valence-electron chi connectivity index (χ3n) is 3.63. The molecule has 0 radical (unpaired) electrons. The van der Waals surface area contributed by atoms with E-state index in [9.17, 15) is 0 Å². The number of hydrogen-bond acceptors (Lipinski definition) is 3. The molecule has 1 aromatic rings. The molecule has 2 aliphatic rings. The summed E-state index contributed by atoms with van der Waals surface area (Å²) in [6.45, 7) is 1.89. The third-order valence-corrected chi connectivity index (χ3v) is 3.63. The van der Waals surface area contributed by atoms with Crippen LogP contribution in [0.15, 0.2) is 6.20 Å². The lowest BCUT2D eigenvalue weighted by atomic mass is 10.0. The summed E-state index contributed by atoms with van der Waals surface area (Å²) < 4.78 is 8.12. The number of imidazole rings is 1. The topological polar surface area (TPSA) is 53.1 Å². The van der Waals surface area contributed by atoms with Gasteiger partial charge >= 0.3 is 0 Å². The Kier molecular flexibility index (Phi) is 4.07. The zero-order valence-corrected chi connectivity index (χ0v) is 10.8. The highest BCUT2D eigenvalue weighted by Gasteiger charge is 2.25. The number of aromatic nitrogens is 2. The van der Waals surface area contributed by atoms with Crippen LogP contribution < -0.4 is 5.73 Å². The summed E-state index contributed by atoms with van der Waals surface area (Å²) in [7, 11) is 0. The van der Waals surface area contributed by atoms with Crippen molar-refractivity contribution in [2.75, 3.05) is 6.61 Å². The zero-order valence-electron chi connectivity index (χ0n) is 9.97. The summed E-state index contributed by atoms with van der Waals surface area (Å²) in [6, 6.07) is 0.310. The molecule has 2 aliphatic heterocycles. The number of ether oxygens (including phenoxy) is 1. The van der Waals surface area contributed by atoms with Crippen molar-refractivity contribution >= 4 is 12.4 Å². The Labute approximate surface area is 108 Å². The average molecular weight is 258 g/mol. The van der Waals surface area contributed by atoms with Crippen molar-refractivity contribution in [1.29, 1.82) is 0 Å². The van der Waals surface area contributed by atoms with Gasteiger partial charge in [-0.3, -0.25) is 0 Å². The predicted octanol–water partition coefficient (Wildman–Crippen LogP) is 1.82. The first-order valence-corrected chi connectivity index (χ1v) is 6.26. The van der Waals surface area contributed by atoms with Crippen molar-refractivity contribution in [3.8, 4) is 0 Å². The average Bonchev–Trinajstić information content (AvgIpc) is 2.73. The fraction of sp³-hybridized carbons (Fsp3) is 0.750. The normalized spacial score (nSPS) is 28.3. The van der Waals surface area contributed by atoms with Gasteiger partial charge in [-0.1, -0.05) is 0 Å². The Morgan fingerprint density at radius 2 is 2.24 bits per heavy atom. The van der Waals surface area contributed by atoms with Crippen LogP contribution in [0.5, 0.6) is 0 Å².